The van der Waals surface area contributed by atoms with Crippen molar-refractivity contribution >= 4 is 11.7 Å². The minimum absolute atomic E-state index is 0.165. The Morgan fingerprint density at radius 2 is 2.32 bits per heavy atom. The number of amides is 1. The Balaban J connectivity index is 2.36. The van der Waals surface area contributed by atoms with Gasteiger partial charge < -0.3 is 9.80 Å². The molecular formula is C15H23N3O. The molecule has 1 saturated heterocycles. The number of rotatable bonds is 3. The third-order valence-electron chi connectivity index (χ3n) is 3.92. The van der Waals surface area contributed by atoms with Crippen LogP contribution in [0.1, 0.15) is 44.7 Å². The Kier molecular flexibility index (Phi) is 4.40. The summed E-state index contributed by atoms with van der Waals surface area (Å²) in [5, 5.41) is 0. The Bertz CT molecular complexity index is 447. The van der Waals surface area contributed by atoms with Crippen LogP contribution < -0.4 is 4.90 Å². The zero-order chi connectivity index (χ0) is 13.8. The number of anilines is 1. The third-order valence-corrected chi connectivity index (χ3v) is 3.92. The number of carbonyl (C=O) groups is 1. The van der Waals surface area contributed by atoms with Crippen LogP contribution in [0.2, 0.25) is 0 Å². The topological polar surface area (TPSA) is 36.4 Å². The zero-order valence-electron chi connectivity index (χ0n) is 12.1. The van der Waals surface area contributed by atoms with E-state index < -0.39 is 0 Å². The van der Waals surface area contributed by atoms with E-state index in [9.17, 15) is 4.79 Å². The number of hydrogen-bond acceptors (Lipinski definition) is 3. The summed E-state index contributed by atoms with van der Waals surface area (Å²) in [6.07, 6.45) is 5.15. The molecule has 0 aliphatic carbocycles. The van der Waals surface area contributed by atoms with Gasteiger partial charge in [-0.3, -0.25) is 4.79 Å². The van der Waals surface area contributed by atoms with E-state index in [1.165, 1.54) is 12.0 Å². The molecule has 0 bridgehead atoms. The molecule has 2 rings (SSSR count). The van der Waals surface area contributed by atoms with E-state index in [2.05, 4.69) is 22.9 Å². The lowest BCUT2D eigenvalue weighted by atomic mass is 9.95. The number of carbonyl (C=O) groups excluding carboxylic acids is 1. The lowest BCUT2D eigenvalue weighted by molar-refractivity contribution is -0.132. The first-order valence-electron chi connectivity index (χ1n) is 7.08. The molecule has 1 amide bonds. The van der Waals surface area contributed by atoms with Crippen LogP contribution in [0.15, 0.2) is 18.3 Å². The van der Waals surface area contributed by atoms with Crippen LogP contribution in [-0.2, 0) is 4.79 Å². The zero-order valence-corrected chi connectivity index (χ0v) is 12.1. The quantitative estimate of drug-likeness (QED) is 0.839. The lowest BCUT2D eigenvalue weighted by Gasteiger charge is -2.37. The van der Waals surface area contributed by atoms with E-state index in [0.29, 0.717) is 0 Å². The van der Waals surface area contributed by atoms with Crippen LogP contribution in [0, 0.1) is 0 Å². The van der Waals surface area contributed by atoms with E-state index in [-0.39, 0.29) is 11.9 Å². The molecule has 0 N–H and O–H groups in total. The van der Waals surface area contributed by atoms with Gasteiger partial charge >= 0.3 is 0 Å². The van der Waals surface area contributed by atoms with Crippen LogP contribution in [0.4, 0.5) is 5.82 Å². The van der Waals surface area contributed by atoms with Gasteiger partial charge in [0.2, 0.25) is 5.91 Å². The second-order valence-electron chi connectivity index (χ2n) is 5.15. The van der Waals surface area contributed by atoms with Crippen molar-refractivity contribution in [2.45, 2.75) is 39.2 Å². The second-order valence-corrected chi connectivity index (χ2v) is 5.15. The van der Waals surface area contributed by atoms with Gasteiger partial charge in [-0.1, -0.05) is 6.07 Å². The van der Waals surface area contributed by atoms with Gasteiger partial charge in [0, 0.05) is 38.8 Å². The summed E-state index contributed by atoms with van der Waals surface area (Å²) in [5.41, 5.74) is 1.18. The number of pyridine rings is 1. The number of piperidine rings is 1. The molecule has 1 aromatic heterocycles. The Morgan fingerprint density at radius 3 is 3.00 bits per heavy atom. The molecule has 4 heteroatoms. The molecule has 19 heavy (non-hydrogen) atoms. The fraction of sp³-hybridized carbons (Fsp3) is 0.600. The first-order valence-corrected chi connectivity index (χ1v) is 7.08. The predicted molar refractivity (Wildman–Crippen MR) is 77.2 cm³/mol. The number of hydrogen-bond donors (Lipinski definition) is 0. The number of likely N-dealkylation sites (tertiary alicyclic amines) is 1. The van der Waals surface area contributed by atoms with Gasteiger partial charge in [0.1, 0.15) is 5.82 Å². The normalized spacial score (nSPS) is 19.3. The Morgan fingerprint density at radius 1 is 1.53 bits per heavy atom. The van der Waals surface area contributed by atoms with Gasteiger partial charge in [0.25, 0.3) is 0 Å². The van der Waals surface area contributed by atoms with Gasteiger partial charge in [0.05, 0.1) is 6.04 Å². The molecule has 1 aromatic rings. The standard InChI is InChI=1S/C15H23N3O/c1-4-17(3)15-13(8-7-10-16-15)14-9-5-6-11-18(14)12(2)19/h7-8,10,14H,4-6,9,11H2,1-3H3. The van der Waals surface area contributed by atoms with E-state index in [1.807, 2.05) is 24.2 Å². The average Bonchev–Trinajstić information content (AvgIpc) is 2.46. The predicted octanol–water partition coefficient (Wildman–Crippen LogP) is 2.61. The van der Waals surface area contributed by atoms with Gasteiger partial charge in [-0.05, 0) is 32.3 Å². The van der Waals surface area contributed by atoms with E-state index in [0.717, 1.165) is 31.7 Å². The van der Waals surface area contributed by atoms with Crippen LogP contribution in [0.25, 0.3) is 0 Å². The highest BCUT2D eigenvalue weighted by atomic mass is 16.2. The summed E-state index contributed by atoms with van der Waals surface area (Å²) in [6, 6.07) is 4.26. The van der Waals surface area contributed by atoms with Crippen LogP contribution >= 0.6 is 0 Å². The maximum atomic E-state index is 11.8. The first-order chi connectivity index (χ1) is 9.15. The SMILES string of the molecule is CCN(C)c1ncccc1C1CCCCN1C(C)=O. The molecule has 2 heterocycles. The van der Waals surface area contributed by atoms with Crippen molar-refractivity contribution in [2.24, 2.45) is 0 Å². The summed E-state index contributed by atoms with van der Waals surface area (Å²) in [4.78, 5) is 20.5. The first kappa shape index (κ1) is 13.8. The molecule has 1 aliphatic heterocycles. The van der Waals surface area contributed by atoms with E-state index in [1.54, 1.807) is 6.92 Å². The molecule has 0 saturated carbocycles. The summed E-state index contributed by atoms with van der Waals surface area (Å²) in [7, 11) is 2.05. The summed E-state index contributed by atoms with van der Waals surface area (Å²) in [5.74, 6) is 1.17. The van der Waals surface area contributed by atoms with Gasteiger partial charge in [-0.15, -0.1) is 0 Å². The monoisotopic (exact) mass is 261 g/mol. The molecule has 4 nitrogen and oxygen atoms in total. The highest BCUT2D eigenvalue weighted by Gasteiger charge is 2.28. The average molecular weight is 261 g/mol. The van der Waals surface area contributed by atoms with Crippen molar-refractivity contribution in [3.63, 3.8) is 0 Å². The third kappa shape index (κ3) is 2.88. The summed E-state index contributed by atoms with van der Waals surface area (Å²) >= 11 is 0. The van der Waals surface area contributed by atoms with Crippen LogP contribution in [0.5, 0.6) is 0 Å². The van der Waals surface area contributed by atoms with Crippen molar-refractivity contribution in [3.8, 4) is 0 Å². The minimum atomic E-state index is 0.165. The number of aromatic nitrogens is 1. The summed E-state index contributed by atoms with van der Waals surface area (Å²) in [6.45, 7) is 5.56. The van der Waals surface area contributed by atoms with E-state index in [4.69, 9.17) is 0 Å². The molecule has 0 radical (unpaired) electrons. The van der Waals surface area contributed by atoms with Crippen molar-refractivity contribution < 1.29 is 4.79 Å². The Labute approximate surface area is 115 Å². The maximum absolute atomic E-state index is 11.8. The minimum Gasteiger partial charge on any atom is -0.360 e. The van der Waals surface area contributed by atoms with Gasteiger partial charge in [0.15, 0.2) is 0 Å². The number of nitrogens with zero attached hydrogens (tertiary/aromatic N) is 3. The highest BCUT2D eigenvalue weighted by Crippen LogP contribution is 2.35. The van der Waals surface area contributed by atoms with Gasteiger partial charge in [-0.2, -0.15) is 0 Å². The molecule has 0 aromatic carbocycles. The molecule has 1 atom stereocenters. The Hall–Kier alpha value is -1.58. The molecule has 1 fully saturated rings. The maximum Gasteiger partial charge on any atom is 0.219 e. The fourth-order valence-corrected chi connectivity index (χ4v) is 2.77. The fourth-order valence-electron chi connectivity index (χ4n) is 2.77. The molecule has 104 valence electrons. The molecule has 0 spiro atoms. The smallest absolute Gasteiger partial charge is 0.219 e. The highest BCUT2D eigenvalue weighted by molar-refractivity contribution is 5.74. The van der Waals surface area contributed by atoms with Crippen molar-refractivity contribution in [1.29, 1.82) is 0 Å². The van der Waals surface area contributed by atoms with Crippen molar-refractivity contribution in [2.75, 3.05) is 25.0 Å². The van der Waals surface area contributed by atoms with Crippen molar-refractivity contribution in [3.05, 3.63) is 23.9 Å². The van der Waals surface area contributed by atoms with Crippen LogP contribution in [-0.4, -0.2) is 35.9 Å². The molecular weight excluding hydrogens is 238 g/mol. The second kappa shape index (κ2) is 6.04. The van der Waals surface area contributed by atoms with E-state index >= 15 is 0 Å². The van der Waals surface area contributed by atoms with Crippen molar-refractivity contribution in [1.82, 2.24) is 9.88 Å². The van der Waals surface area contributed by atoms with Crippen LogP contribution in [0.3, 0.4) is 0 Å². The largest absolute Gasteiger partial charge is 0.360 e. The van der Waals surface area contributed by atoms with Gasteiger partial charge in [-0.25, -0.2) is 4.98 Å². The lowest BCUT2D eigenvalue weighted by Crippen LogP contribution is -2.37. The molecule has 1 aliphatic rings. The molecule has 1 unspecified atom stereocenters. The summed E-state index contributed by atoms with van der Waals surface area (Å²) < 4.78 is 0.